The number of hydrogen-bond donors (Lipinski definition) is 1. The van der Waals surface area contributed by atoms with Crippen molar-refractivity contribution < 1.29 is 28.5 Å². The first kappa shape index (κ1) is 17.4. The SMILES string of the molecule is COc1cc(C(=O)c2cc(-c3ccco3)ccc2O)cc(OC)c1OC. The minimum absolute atomic E-state index is 0.126. The number of carbonyl (C=O) groups is 1. The summed E-state index contributed by atoms with van der Waals surface area (Å²) in [6.45, 7) is 0. The van der Waals surface area contributed by atoms with Crippen molar-refractivity contribution >= 4 is 5.78 Å². The molecule has 0 unspecified atom stereocenters. The van der Waals surface area contributed by atoms with Crippen molar-refractivity contribution in [1.29, 1.82) is 0 Å². The van der Waals surface area contributed by atoms with Crippen LogP contribution in [0.4, 0.5) is 0 Å². The zero-order chi connectivity index (χ0) is 18.7. The maximum absolute atomic E-state index is 13.0. The van der Waals surface area contributed by atoms with E-state index in [-0.39, 0.29) is 17.1 Å². The van der Waals surface area contributed by atoms with Gasteiger partial charge in [0.15, 0.2) is 17.3 Å². The number of aromatic hydroxyl groups is 1. The molecule has 0 fully saturated rings. The summed E-state index contributed by atoms with van der Waals surface area (Å²) in [5.41, 5.74) is 1.13. The highest BCUT2D eigenvalue weighted by molar-refractivity contribution is 6.11. The lowest BCUT2D eigenvalue weighted by Crippen LogP contribution is -2.05. The number of phenolic OH excluding ortho intramolecular Hbond substituents is 1. The van der Waals surface area contributed by atoms with E-state index in [1.54, 1.807) is 42.7 Å². The topological polar surface area (TPSA) is 78.1 Å². The van der Waals surface area contributed by atoms with Crippen LogP contribution in [0, 0.1) is 0 Å². The highest BCUT2D eigenvalue weighted by atomic mass is 16.5. The van der Waals surface area contributed by atoms with Crippen molar-refractivity contribution in [2.24, 2.45) is 0 Å². The molecule has 0 aliphatic heterocycles. The van der Waals surface area contributed by atoms with Crippen molar-refractivity contribution in [3.8, 4) is 34.3 Å². The summed E-state index contributed by atoms with van der Waals surface area (Å²) in [4.78, 5) is 13.0. The number of ether oxygens (including phenoxy) is 3. The lowest BCUT2D eigenvalue weighted by Gasteiger charge is -2.14. The van der Waals surface area contributed by atoms with Gasteiger partial charge in [-0.25, -0.2) is 0 Å². The standard InChI is InChI=1S/C20H18O6/c1-23-17-10-13(11-18(24-2)20(17)25-3)19(22)14-9-12(6-7-15(14)21)16-5-4-8-26-16/h4-11,21H,1-3H3. The van der Waals surface area contributed by atoms with Crippen LogP contribution in [-0.4, -0.2) is 32.2 Å². The maximum Gasteiger partial charge on any atom is 0.203 e. The average molecular weight is 354 g/mol. The summed E-state index contributed by atoms with van der Waals surface area (Å²) >= 11 is 0. The van der Waals surface area contributed by atoms with Crippen molar-refractivity contribution in [3.05, 3.63) is 59.9 Å². The molecule has 3 aromatic rings. The molecule has 0 atom stereocenters. The summed E-state index contributed by atoms with van der Waals surface area (Å²) in [6.07, 6.45) is 1.54. The Morgan fingerprint density at radius 3 is 2.19 bits per heavy atom. The molecule has 0 spiro atoms. The lowest BCUT2D eigenvalue weighted by atomic mass is 9.99. The molecular formula is C20H18O6. The highest BCUT2D eigenvalue weighted by Crippen LogP contribution is 2.39. The van der Waals surface area contributed by atoms with Gasteiger partial charge in [0.05, 0.1) is 33.2 Å². The van der Waals surface area contributed by atoms with Crippen LogP contribution in [0.2, 0.25) is 0 Å². The molecule has 1 heterocycles. The average Bonchev–Trinajstić information content (AvgIpc) is 3.21. The van der Waals surface area contributed by atoms with Crippen molar-refractivity contribution in [2.75, 3.05) is 21.3 Å². The second-order valence-electron chi connectivity index (χ2n) is 5.45. The highest BCUT2D eigenvalue weighted by Gasteiger charge is 2.20. The van der Waals surface area contributed by atoms with Crippen LogP contribution in [-0.2, 0) is 0 Å². The van der Waals surface area contributed by atoms with Crippen molar-refractivity contribution in [3.63, 3.8) is 0 Å². The number of carbonyl (C=O) groups excluding carboxylic acids is 1. The number of rotatable bonds is 6. The van der Waals surface area contributed by atoms with Gasteiger partial charge in [-0.15, -0.1) is 0 Å². The van der Waals surface area contributed by atoms with Crippen LogP contribution in [0.25, 0.3) is 11.3 Å². The predicted octanol–water partition coefficient (Wildman–Crippen LogP) is 3.91. The summed E-state index contributed by atoms with van der Waals surface area (Å²) < 4.78 is 21.2. The first-order valence-corrected chi connectivity index (χ1v) is 7.80. The van der Waals surface area contributed by atoms with Crippen molar-refractivity contribution in [1.82, 2.24) is 0 Å². The number of benzene rings is 2. The Labute approximate surface area is 150 Å². The van der Waals surface area contributed by atoms with E-state index < -0.39 is 0 Å². The molecule has 1 N–H and O–H groups in total. The second kappa shape index (κ2) is 7.23. The van der Waals surface area contributed by atoms with Crippen LogP contribution in [0.5, 0.6) is 23.0 Å². The fourth-order valence-electron chi connectivity index (χ4n) is 2.68. The molecule has 0 aliphatic rings. The lowest BCUT2D eigenvalue weighted by molar-refractivity contribution is 0.103. The molecule has 0 saturated carbocycles. The Balaban J connectivity index is 2.08. The molecule has 0 amide bonds. The molecule has 0 radical (unpaired) electrons. The van der Waals surface area contributed by atoms with E-state index in [4.69, 9.17) is 18.6 Å². The van der Waals surface area contributed by atoms with Crippen LogP contribution >= 0.6 is 0 Å². The molecule has 0 saturated heterocycles. The third-order valence-corrected chi connectivity index (χ3v) is 3.97. The summed E-state index contributed by atoms with van der Waals surface area (Å²) in [5, 5.41) is 10.2. The number of hydrogen-bond acceptors (Lipinski definition) is 6. The minimum Gasteiger partial charge on any atom is -0.507 e. The molecule has 2 aromatic carbocycles. The second-order valence-corrected chi connectivity index (χ2v) is 5.45. The summed E-state index contributed by atoms with van der Waals surface area (Å²) in [7, 11) is 4.43. The van der Waals surface area contributed by atoms with E-state index in [0.717, 1.165) is 0 Å². The van der Waals surface area contributed by atoms with Gasteiger partial charge in [0.1, 0.15) is 11.5 Å². The fraction of sp³-hybridized carbons (Fsp3) is 0.150. The number of phenols is 1. The Hall–Kier alpha value is -3.41. The van der Waals surface area contributed by atoms with Gasteiger partial charge in [-0.2, -0.15) is 0 Å². The van der Waals surface area contributed by atoms with Crippen LogP contribution < -0.4 is 14.2 Å². The van der Waals surface area contributed by atoms with E-state index in [1.165, 1.54) is 27.4 Å². The van der Waals surface area contributed by atoms with Gasteiger partial charge in [0.2, 0.25) is 5.75 Å². The quantitative estimate of drug-likeness (QED) is 0.676. The zero-order valence-corrected chi connectivity index (χ0v) is 14.6. The first-order valence-electron chi connectivity index (χ1n) is 7.80. The predicted molar refractivity (Wildman–Crippen MR) is 95.3 cm³/mol. The minimum atomic E-state index is -0.379. The third kappa shape index (κ3) is 3.09. The smallest absolute Gasteiger partial charge is 0.203 e. The molecule has 0 bridgehead atoms. The monoisotopic (exact) mass is 354 g/mol. The molecule has 0 aliphatic carbocycles. The van der Waals surface area contributed by atoms with E-state index >= 15 is 0 Å². The molecule has 6 nitrogen and oxygen atoms in total. The fourth-order valence-corrected chi connectivity index (χ4v) is 2.68. The summed E-state index contributed by atoms with van der Waals surface area (Å²) in [5.74, 6) is 1.20. The van der Waals surface area contributed by atoms with Gasteiger partial charge in [-0.3, -0.25) is 4.79 Å². The summed E-state index contributed by atoms with van der Waals surface area (Å²) in [6, 6.07) is 11.3. The van der Waals surface area contributed by atoms with Crippen LogP contribution in [0.3, 0.4) is 0 Å². The Kier molecular flexibility index (Phi) is 4.84. The largest absolute Gasteiger partial charge is 0.507 e. The molecule has 26 heavy (non-hydrogen) atoms. The molecule has 3 rings (SSSR count). The zero-order valence-electron chi connectivity index (χ0n) is 14.6. The van der Waals surface area contributed by atoms with Crippen LogP contribution in [0.15, 0.2) is 53.1 Å². The van der Waals surface area contributed by atoms with Gasteiger partial charge in [0, 0.05) is 11.1 Å². The third-order valence-electron chi connectivity index (χ3n) is 3.97. The first-order chi connectivity index (χ1) is 12.6. The van der Waals surface area contributed by atoms with E-state index in [2.05, 4.69) is 0 Å². The number of furan rings is 1. The Bertz CT molecular complexity index is 902. The Morgan fingerprint density at radius 1 is 0.962 bits per heavy atom. The maximum atomic E-state index is 13.0. The van der Waals surface area contributed by atoms with E-state index in [9.17, 15) is 9.90 Å². The van der Waals surface area contributed by atoms with Gasteiger partial charge in [0.25, 0.3) is 0 Å². The Morgan fingerprint density at radius 2 is 1.65 bits per heavy atom. The molecular weight excluding hydrogens is 336 g/mol. The normalized spacial score (nSPS) is 10.4. The van der Waals surface area contributed by atoms with Gasteiger partial charge >= 0.3 is 0 Å². The van der Waals surface area contributed by atoms with Crippen molar-refractivity contribution in [2.45, 2.75) is 0 Å². The molecule has 6 heteroatoms. The molecule has 1 aromatic heterocycles. The van der Waals surface area contributed by atoms with Crippen LogP contribution in [0.1, 0.15) is 15.9 Å². The molecule has 134 valence electrons. The number of ketones is 1. The van der Waals surface area contributed by atoms with Gasteiger partial charge in [-0.05, 0) is 42.5 Å². The van der Waals surface area contributed by atoms with Gasteiger partial charge in [-0.1, -0.05) is 0 Å². The van der Waals surface area contributed by atoms with Gasteiger partial charge < -0.3 is 23.7 Å². The van der Waals surface area contributed by atoms with E-state index in [1.807, 2.05) is 0 Å². The van der Waals surface area contributed by atoms with E-state index in [0.29, 0.717) is 34.1 Å². The number of methoxy groups -OCH3 is 3.